The van der Waals surface area contributed by atoms with E-state index in [1.165, 1.54) is 10.9 Å². The van der Waals surface area contributed by atoms with Gasteiger partial charge in [0, 0.05) is 23.8 Å². The van der Waals surface area contributed by atoms with E-state index in [1.54, 1.807) is 31.3 Å². The van der Waals surface area contributed by atoms with Crippen molar-refractivity contribution in [2.45, 2.75) is 0 Å². The Hall–Kier alpha value is -1.81. The fraction of sp³-hybridized carbons (Fsp3) is 0.0909. The molecule has 0 unspecified atom stereocenters. The van der Waals surface area contributed by atoms with Gasteiger partial charge in [-0.15, -0.1) is 0 Å². The lowest BCUT2D eigenvalue weighted by molar-refractivity contribution is 0.739. The van der Waals surface area contributed by atoms with E-state index in [9.17, 15) is 4.79 Å². The molecule has 1 heterocycles. The molecule has 0 saturated carbocycles. The number of aromatic amines is 1. The highest BCUT2D eigenvalue weighted by atomic mass is 35.5. The highest BCUT2D eigenvalue weighted by Gasteiger charge is 2.11. The fourth-order valence-electron chi connectivity index (χ4n) is 1.44. The molecule has 0 spiro atoms. The second-order valence-corrected chi connectivity index (χ2v) is 3.87. The van der Waals surface area contributed by atoms with E-state index in [-0.39, 0.29) is 11.3 Å². The zero-order valence-electron chi connectivity index (χ0n) is 8.62. The quantitative estimate of drug-likeness (QED) is 0.766. The van der Waals surface area contributed by atoms with Crippen molar-refractivity contribution in [2.24, 2.45) is 7.05 Å². The predicted octanol–water partition coefficient (Wildman–Crippen LogP) is 1.78. The van der Waals surface area contributed by atoms with Crippen molar-refractivity contribution in [3.05, 3.63) is 57.0 Å². The van der Waals surface area contributed by atoms with Crippen molar-refractivity contribution in [3.63, 3.8) is 0 Å². The second-order valence-electron chi connectivity index (χ2n) is 3.44. The molecular formula is C11H10ClN3O. The molecule has 2 rings (SSSR count). The van der Waals surface area contributed by atoms with Crippen LogP contribution in [0, 0.1) is 5.41 Å². The van der Waals surface area contributed by atoms with E-state index in [1.807, 2.05) is 0 Å². The van der Waals surface area contributed by atoms with Gasteiger partial charge in [-0.2, -0.15) is 0 Å². The second kappa shape index (κ2) is 3.98. The molecule has 0 amide bonds. The average Bonchev–Trinajstić information content (AvgIpc) is 2.59. The van der Waals surface area contributed by atoms with E-state index in [4.69, 9.17) is 17.0 Å². The minimum atomic E-state index is -0.218. The summed E-state index contributed by atoms with van der Waals surface area (Å²) in [5.74, 6) is 0. The van der Waals surface area contributed by atoms with Gasteiger partial charge in [-0.25, -0.2) is 0 Å². The Morgan fingerprint density at radius 3 is 2.81 bits per heavy atom. The molecule has 0 aliphatic carbocycles. The lowest BCUT2D eigenvalue weighted by atomic mass is 10.1. The highest BCUT2D eigenvalue weighted by Crippen LogP contribution is 2.13. The number of hydrogen-bond acceptors (Lipinski definition) is 2. The lowest BCUT2D eigenvalue weighted by Crippen LogP contribution is -2.19. The topological polar surface area (TPSA) is 61.6 Å². The van der Waals surface area contributed by atoms with Crippen molar-refractivity contribution >= 4 is 17.3 Å². The maximum atomic E-state index is 11.6. The summed E-state index contributed by atoms with van der Waals surface area (Å²) >= 11 is 5.83. The van der Waals surface area contributed by atoms with Crippen molar-refractivity contribution in [2.75, 3.05) is 0 Å². The monoisotopic (exact) mass is 235 g/mol. The molecule has 0 aliphatic heterocycles. The van der Waals surface area contributed by atoms with Crippen LogP contribution in [0.5, 0.6) is 0 Å². The third-order valence-corrected chi connectivity index (χ3v) is 2.56. The Labute approximate surface area is 97.0 Å². The van der Waals surface area contributed by atoms with E-state index >= 15 is 0 Å². The maximum absolute atomic E-state index is 11.6. The Kier molecular flexibility index (Phi) is 2.66. The number of nitrogens with zero attached hydrogens (tertiary/aromatic N) is 1. The van der Waals surface area contributed by atoms with Gasteiger partial charge in [0.2, 0.25) is 0 Å². The number of halogens is 1. The molecule has 0 aliphatic rings. The van der Waals surface area contributed by atoms with E-state index in [2.05, 4.69) is 5.10 Å². The van der Waals surface area contributed by atoms with Crippen LogP contribution in [0.2, 0.25) is 5.02 Å². The summed E-state index contributed by atoms with van der Waals surface area (Å²) in [6, 6.07) is 6.90. The number of nitrogens with one attached hydrogen (secondary N) is 2. The van der Waals surface area contributed by atoms with Gasteiger partial charge < -0.3 is 5.10 Å². The van der Waals surface area contributed by atoms with Gasteiger partial charge in [-0.05, 0) is 12.1 Å². The number of rotatable bonds is 2. The molecule has 1 aromatic heterocycles. The standard InChI is InChI=1S/C11H10ClN3O/c1-15-11(16)9(6-14-15)10(13)7-3-2-4-8(12)5-7/h2-6,13-14H,1H3. The smallest absolute Gasteiger partial charge is 0.275 e. The lowest BCUT2D eigenvalue weighted by Gasteiger charge is -2.00. The normalized spacial score (nSPS) is 10.4. The SMILES string of the molecule is Cn1[nH]cc(C(=N)c2cccc(Cl)c2)c1=O. The first kappa shape index (κ1) is 10.7. The van der Waals surface area contributed by atoms with Crippen LogP contribution in [0.1, 0.15) is 11.1 Å². The summed E-state index contributed by atoms with van der Waals surface area (Å²) in [5.41, 5.74) is 0.920. The Morgan fingerprint density at radius 1 is 1.50 bits per heavy atom. The van der Waals surface area contributed by atoms with Crippen LogP contribution in [0.25, 0.3) is 0 Å². The van der Waals surface area contributed by atoms with Gasteiger partial charge in [0.25, 0.3) is 5.56 Å². The Balaban J connectivity index is 2.47. The Bertz CT molecular complexity index is 597. The average molecular weight is 236 g/mol. The number of aryl methyl sites for hydroxylation is 1. The van der Waals surface area contributed by atoms with Crippen LogP contribution in [0.4, 0.5) is 0 Å². The largest absolute Gasteiger partial charge is 0.302 e. The predicted molar refractivity (Wildman–Crippen MR) is 63.4 cm³/mol. The first-order chi connectivity index (χ1) is 7.59. The van der Waals surface area contributed by atoms with Gasteiger partial charge in [0.1, 0.15) is 0 Å². The van der Waals surface area contributed by atoms with Gasteiger partial charge in [0.15, 0.2) is 0 Å². The molecule has 0 fully saturated rings. The van der Waals surface area contributed by atoms with Crippen molar-refractivity contribution in [1.29, 1.82) is 5.41 Å². The molecular weight excluding hydrogens is 226 g/mol. The van der Waals surface area contributed by atoms with Gasteiger partial charge in [0.05, 0.1) is 11.3 Å². The zero-order chi connectivity index (χ0) is 11.7. The van der Waals surface area contributed by atoms with Crippen molar-refractivity contribution in [1.82, 2.24) is 9.78 Å². The minimum absolute atomic E-state index is 0.171. The van der Waals surface area contributed by atoms with Crippen LogP contribution in [-0.4, -0.2) is 15.5 Å². The molecule has 2 N–H and O–H groups in total. The number of benzene rings is 1. The maximum Gasteiger partial charge on any atom is 0.275 e. The van der Waals surface area contributed by atoms with Crippen molar-refractivity contribution < 1.29 is 0 Å². The molecule has 5 heteroatoms. The molecule has 82 valence electrons. The summed E-state index contributed by atoms with van der Waals surface area (Å²) in [5, 5.41) is 11.2. The van der Waals surface area contributed by atoms with Crippen LogP contribution < -0.4 is 5.56 Å². The van der Waals surface area contributed by atoms with Gasteiger partial charge in [-0.3, -0.25) is 14.9 Å². The minimum Gasteiger partial charge on any atom is -0.302 e. The molecule has 2 aromatic rings. The summed E-state index contributed by atoms with van der Waals surface area (Å²) in [4.78, 5) is 11.6. The summed E-state index contributed by atoms with van der Waals surface area (Å²) < 4.78 is 1.33. The molecule has 0 saturated heterocycles. The number of H-pyrrole nitrogens is 1. The molecule has 0 bridgehead atoms. The summed E-state index contributed by atoms with van der Waals surface area (Å²) in [7, 11) is 1.61. The molecule has 1 aromatic carbocycles. The first-order valence-corrected chi connectivity index (χ1v) is 5.06. The Morgan fingerprint density at radius 2 is 2.25 bits per heavy atom. The van der Waals surface area contributed by atoms with E-state index < -0.39 is 0 Å². The van der Waals surface area contributed by atoms with Gasteiger partial charge >= 0.3 is 0 Å². The number of aromatic nitrogens is 2. The van der Waals surface area contributed by atoms with E-state index in [0.717, 1.165) is 0 Å². The van der Waals surface area contributed by atoms with E-state index in [0.29, 0.717) is 16.1 Å². The van der Waals surface area contributed by atoms with Crippen LogP contribution in [0.15, 0.2) is 35.3 Å². The third kappa shape index (κ3) is 1.79. The highest BCUT2D eigenvalue weighted by molar-refractivity contribution is 6.31. The van der Waals surface area contributed by atoms with Gasteiger partial charge in [-0.1, -0.05) is 23.7 Å². The van der Waals surface area contributed by atoms with Crippen LogP contribution in [0.3, 0.4) is 0 Å². The van der Waals surface area contributed by atoms with Crippen LogP contribution in [-0.2, 0) is 7.05 Å². The number of hydrogen-bond donors (Lipinski definition) is 2. The van der Waals surface area contributed by atoms with Crippen LogP contribution >= 0.6 is 11.6 Å². The fourth-order valence-corrected chi connectivity index (χ4v) is 1.63. The summed E-state index contributed by atoms with van der Waals surface area (Å²) in [6.45, 7) is 0. The molecule has 16 heavy (non-hydrogen) atoms. The van der Waals surface area contributed by atoms with Crippen molar-refractivity contribution in [3.8, 4) is 0 Å². The summed E-state index contributed by atoms with van der Waals surface area (Å²) in [6.07, 6.45) is 1.52. The molecule has 0 atom stereocenters. The third-order valence-electron chi connectivity index (χ3n) is 2.32. The zero-order valence-corrected chi connectivity index (χ0v) is 9.38. The molecule has 0 radical (unpaired) electrons. The first-order valence-electron chi connectivity index (χ1n) is 4.69. The molecule has 4 nitrogen and oxygen atoms in total.